The van der Waals surface area contributed by atoms with E-state index >= 15 is 0 Å². The first-order valence-corrected chi connectivity index (χ1v) is 15.5. The van der Waals surface area contributed by atoms with Gasteiger partial charge in [-0.1, -0.05) is 54.5 Å². The minimum atomic E-state index is -1.95. The quantitative estimate of drug-likeness (QED) is 0.376. The molecular weight excluding hydrogens is 360 g/mol. The molecule has 0 bridgehead atoms. The Bertz CT molecular complexity index is 485. The Kier molecular flexibility index (Phi) is 9.02. The molecule has 0 aromatic carbocycles. The van der Waals surface area contributed by atoms with E-state index in [1.165, 1.54) is 6.08 Å². The zero-order valence-electron chi connectivity index (χ0n) is 18.9. The summed E-state index contributed by atoms with van der Waals surface area (Å²) < 4.78 is 13.0. The summed E-state index contributed by atoms with van der Waals surface area (Å²) in [6, 6.07) is 0. The van der Waals surface area contributed by atoms with Gasteiger partial charge < -0.3 is 14.0 Å². The molecular formula is C20H42O4Si2. The summed E-state index contributed by atoms with van der Waals surface area (Å²) in [5.41, 5.74) is 0. The van der Waals surface area contributed by atoms with Crippen molar-refractivity contribution in [1.29, 1.82) is 0 Å². The van der Waals surface area contributed by atoms with Gasteiger partial charge in [0, 0.05) is 12.7 Å². The van der Waals surface area contributed by atoms with Gasteiger partial charge in [-0.25, -0.2) is 4.79 Å². The molecule has 0 radical (unpaired) electrons. The Balaban J connectivity index is 5.20. The summed E-state index contributed by atoms with van der Waals surface area (Å²) in [5, 5.41) is 9.23. The van der Waals surface area contributed by atoms with E-state index in [0.717, 1.165) is 6.42 Å². The topological polar surface area (TPSA) is 55.8 Å². The van der Waals surface area contributed by atoms with Crippen LogP contribution in [0, 0.1) is 5.92 Å². The average molecular weight is 403 g/mol. The first-order chi connectivity index (χ1) is 11.4. The highest BCUT2D eigenvalue weighted by atomic mass is 28.4. The fourth-order valence-corrected chi connectivity index (χ4v) is 4.49. The third-order valence-electron chi connectivity index (χ3n) is 6.05. The summed E-state index contributed by atoms with van der Waals surface area (Å²) in [4.78, 5) is 10.9. The van der Waals surface area contributed by atoms with Crippen molar-refractivity contribution in [3.8, 4) is 0 Å². The van der Waals surface area contributed by atoms with Crippen molar-refractivity contribution in [2.45, 2.75) is 97.3 Å². The molecule has 0 amide bonds. The van der Waals surface area contributed by atoms with Crippen LogP contribution in [0.4, 0.5) is 0 Å². The molecule has 26 heavy (non-hydrogen) atoms. The first kappa shape index (κ1) is 25.6. The predicted octanol–water partition coefficient (Wildman–Crippen LogP) is 6.07. The van der Waals surface area contributed by atoms with E-state index < -0.39 is 22.6 Å². The zero-order valence-corrected chi connectivity index (χ0v) is 20.9. The SMILES string of the molecule is C[C@H](/C=C/C(=O)O)[C@H](CCO[Si](C)(C)C(C)(C)C)O[Si](C)(C)C(C)(C)C. The smallest absolute Gasteiger partial charge is 0.327 e. The summed E-state index contributed by atoms with van der Waals surface area (Å²) in [5.74, 6) is -0.885. The van der Waals surface area contributed by atoms with Crippen molar-refractivity contribution in [1.82, 2.24) is 0 Å². The lowest BCUT2D eigenvalue weighted by Gasteiger charge is -2.41. The second-order valence-electron chi connectivity index (χ2n) is 10.4. The summed E-state index contributed by atoms with van der Waals surface area (Å²) in [6.07, 6.45) is 3.72. The van der Waals surface area contributed by atoms with Gasteiger partial charge in [-0.3, -0.25) is 0 Å². The molecule has 0 aliphatic heterocycles. The van der Waals surface area contributed by atoms with E-state index in [0.29, 0.717) is 6.61 Å². The highest BCUT2D eigenvalue weighted by molar-refractivity contribution is 6.74. The average Bonchev–Trinajstić information content (AvgIpc) is 2.40. The van der Waals surface area contributed by atoms with Gasteiger partial charge in [0.1, 0.15) is 0 Å². The minimum Gasteiger partial charge on any atom is -0.478 e. The Morgan fingerprint density at radius 3 is 1.85 bits per heavy atom. The van der Waals surface area contributed by atoms with Crippen molar-refractivity contribution in [2.75, 3.05) is 6.61 Å². The number of carboxylic acid groups (broad SMARTS) is 1. The number of carboxylic acids is 1. The fraction of sp³-hybridized carbons (Fsp3) is 0.850. The van der Waals surface area contributed by atoms with Crippen molar-refractivity contribution < 1.29 is 18.8 Å². The Labute approximate surface area is 163 Å². The van der Waals surface area contributed by atoms with Crippen LogP contribution in [0.25, 0.3) is 0 Å². The third kappa shape index (κ3) is 8.07. The van der Waals surface area contributed by atoms with Crippen molar-refractivity contribution in [2.24, 2.45) is 5.92 Å². The van der Waals surface area contributed by atoms with Gasteiger partial charge in [0.05, 0.1) is 6.10 Å². The van der Waals surface area contributed by atoms with Crippen LogP contribution in [0.5, 0.6) is 0 Å². The van der Waals surface area contributed by atoms with Gasteiger partial charge in [-0.05, 0) is 48.6 Å². The van der Waals surface area contributed by atoms with Gasteiger partial charge in [-0.15, -0.1) is 0 Å². The van der Waals surface area contributed by atoms with Crippen molar-refractivity contribution in [3.05, 3.63) is 12.2 Å². The molecule has 0 fully saturated rings. The Morgan fingerprint density at radius 1 is 1.00 bits per heavy atom. The third-order valence-corrected chi connectivity index (χ3v) is 15.1. The molecule has 0 aromatic rings. The highest BCUT2D eigenvalue weighted by Crippen LogP contribution is 2.39. The zero-order chi connectivity index (χ0) is 21.0. The lowest BCUT2D eigenvalue weighted by atomic mass is 10.0. The maximum Gasteiger partial charge on any atom is 0.327 e. The fourth-order valence-electron chi connectivity index (χ4n) is 1.99. The Morgan fingerprint density at radius 2 is 1.46 bits per heavy atom. The van der Waals surface area contributed by atoms with Crippen LogP contribution >= 0.6 is 0 Å². The molecule has 0 spiro atoms. The summed E-state index contributed by atoms with van der Waals surface area (Å²) >= 11 is 0. The predicted molar refractivity (Wildman–Crippen MR) is 116 cm³/mol. The van der Waals surface area contributed by atoms with E-state index in [2.05, 4.69) is 67.7 Å². The first-order valence-electron chi connectivity index (χ1n) is 9.63. The van der Waals surface area contributed by atoms with E-state index in [1.807, 2.05) is 6.92 Å². The van der Waals surface area contributed by atoms with Gasteiger partial charge in [0.15, 0.2) is 16.6 Å². The number of hydrogen-bond acceptors (Lipinski definition) is 3. The maximum absolute atomic E-state index is 10.9. The number of rotatable bonds is 9. The van der Waals surface area contributed by atoms with Crippen LogP contribution in [0.1, 0.15) is 54.9 Å². The van der Waals surface area contributed by atoms with Crippen LogP contribution in [0.3, 0.4) is 0 Å². The summed E-state index contributed by atoms with van der Waals surface area (Å²) in [6.45, 7) is 25.0. The number of carbonyl (C=O) groups is 1. The molecule has 154 valence electrons. The van der Waals surface area contributed by atoms with Gasteiger partial charge in [0.25, 0.3) is 0 Å². The molecule has 0 rings (SSSR count). The molecule has 0 unspecified atom stereocenters. The molecule has 1 N–H and O–H groups in total. The normalized spacial score (nSPS) is 16.7. The largest absolute Gasteiger partial charge is 0.478 e. The van der Waals surface area contributed by atoms with Crippen LogP contribution in [0.15, 0.2) is 12.2 Å². The monoisotopic (exact) mass is 402 g/mol. The van der Waals surface area contributed by atoms with Crippen LogP contribution in [-0.2, 0) is 13.6 Å². The van der Waals surface area contributed by atoms with Crippen molar-refractivity contribution in [3.63, 3.8) is 0 Å². The minimum absolute atomic E-state index is 0.0308. The summed E-state index contributed by atoms with van der Waals surface area (Å²) in [7, 11) is -3.74. The molecule has 6 heteroatoms. The molecule has 0 saturated heterocycles. The molecule has 2 atom stereocenters. The van der Waals surface area contributed by atoms with E-state index in [9.17, 15) is 4.79 Å². The second-order valence-corrected chi connectivity index (χ2v) is 19.9. The van der Waals surface area contributed by atoms with Crippen LogP contribution < -0.4 is 0 Å². The van der Waals surface area contributed by atoms with Gasteiger partial charge in [-0.2, -0.15) is 0 Å². The van der Waals surface area contributed by atoms with E-state index in [-0.39, 0.29) is 22.1 Å². The lowest BCUT2D eigenvalue weighted by Crippen LogP contribution is -2.46. The molecule has 0 aliphatic rings. The van der Waals surface area contributed by atoms with Crippen molar-refractivity contribution >= 4 is 22.6 Å². The molecule has 0 saturated carbocycles. The van der Waals surface area contributed by atoms with Gasteiger partial charge >= 0.3 is 5.97 Å². The highest BCUT2D eigenvalue weighted by Gasteiger charge is 2.41. The standard InChI is InChI=1S/C20H42O4Si2/c1-16(12-13-18(21)22)17(24-26(10,11)20(5,6)7)14-15-23-25(8,9)19(2,3)4/h12-13,16-17H,14-15H2,1-11H3,(H,21,22)/b13-12+/t16-,17+/m1/s1. The Hall–Kier alpha value is -0.436. The molecule has 0 heterocycles. The molecule has 4 nitrogen and oxygen atoms in total. The molecule has 0 aliphatic carbocycles. The second kappa shape index (κ2) is 9.17. The molecule has 0 aromatic heterocycles. The maximum atomic E-state index is 10.9. The van der Waals surface area contributed by atoms with Gasteiger partial charge in [0.2, 0.25) is 0 Å². The van der Waals surface area contributed by atoms with Crippen LogP contribution in [0.2, 0.25) is 36.3 Å². The lowest BCUT2D eigenvalue weighted by molar-refractivity contribution is -0.131. The number of hydrogen-bond donors (Lipinski definition) is 1. The van der Waals surface area contributed by atoms with E-state index in [4.69, 9.17) is 14.0 Å². The van der Waals surface area contributed by atoms with Crippen LogP contribution in [-0.4, -0.2) is 40.4 Å². The number of aliphatic carboxylic acids is 1. The van der Waals surface area contributed by atoms with E-state index in [1.54, 1.807) is 6.08 Å².